The maximum atomic E-state index is 9.47. The maximum Gasteiger partial charge on any atom is 0.244 e. The number of phenolic OH excluding ortho intramolecular Hbond substituents is 2. The number of hydrogen-bond acceptors (Lipinski definition) is 6. The largest absolute Gasteiger partial charge is 0.504 e. The summed E-state index contributed by atoms with van der Waals surface area (Å²) in [4.78, 5) is 4.34. The molecule has 0 radical (unpaired) electrons. The van der Waals surface area contributed by atoms with Crippen LogP contribution >= 0.6 is 0 Å². The monoisotopic (exact) mass is 261 g/mol. The van der Waals surface area contributed by atoms with Crippen LogP contribution in [-0.4, -0.2) is 26.9 Å². The van der Waals surface area contributed by atoms with Gasteiger partial charge in [-0.3, -0.25) is 0 Å². The third kappa shape index (κ3) is 2.39. The van der Waals surface area contributed by atoms with Crippen LogP contribution in [0.4, 0.5) is 0 Å². The molecule has 1 saturated heterocycles. The van der Waals surface area contributed by atoms with Crippen LogP contribution in [0.5, 0.6) is 11.5 Å². The molecule has 0 amide bonds. The predicted octanol–water partition coefficient (Wildman–Crippen LogP) is 1.96. The minimum Gasteiger partial charge on any atom is -0.504 e. The van der Waals surface area contributed by atoms with Gasteiger partial charge in [0.15, 0.2) is 11.5 Å². The van der Waals surface area contributed by atoms with E-state index in [1.807, 2.05) is 0 Å². The maximum absolute atomic E-state index is 9.47. The number of nitrogens with zero attached hydrogens (tertiary/aromatic N) is 2. The van der Waals surface area contributed by atoms with Crippen LogP contribution in [0, 0.1) is 0 Å². The Balaban J connectivity index is 1.85. The zero-order valence-corrected chi connectivity index (χ0v) is 10.3. The summed E-state index contributed by atoms with van der Waals surface area (Å²) in [5.41, 5.74) is 0.612. The van der Waals surface area contributed by atoms with Crippen molar-refractivity contribution in [2.45, 2.75) is 25.3 Å². The molecule has 6 heteroatoms. The molecule has 6 nitrogen and oxygen atoms in total. The van der Waals surface area contributed by atoms with E-state index >= 15 is 0 Å². The molecule has 1 unspecified atom stereocenters. The number of nitrogens with one attached hydrogen (secondary N) is 1. The summed E-state index contributed by atoms with van der Waals surface area (Å²) in [6, 6.07) is 4.57. The van der Waals surface area contributed by atoms with Crippen molar-refractivity contribution in [3.63, 3.8) is 0 Å². The van der Waals surface area contributed by atoms with Gasteiger partial charge in [-0.2, -0.15) is 4.98 Å². The average molecular weight is 261 g/mol. The molecule has 1 aromatic heterocycles. The molecule has 3 rings (SSSR count). The summed E-state index contributed by atoms with van der Waals surface area (Å²) in [6.07, 6.45) is 3.31. The molecule has 1 aliphatic rings. The molecule has 2 aromatic rings. The van der Waals surface area contributed by atoms with Gasteiger partial charge in [0.1, 0.15) is 0 Å². The summed E-state index contributed by atoms with van der Waals surface area (Å²) in [7, 11) is 0. The van der Waals surface area contributed by atoms with E-state index in [4.69, 9.17) is 4.52 Å². The molecule has 19 heavy (non-hydrogen) atoms. The Kier molecular flexibility index (Phi) is 3.08. The van der Waals surface area contributed by atoms with Crippen LogP contribution in [0.25, 0.3) is 11.4 Å². The molecule has 100 valence electrons. The first-order valence-corrected chi connectivity index (χ1v) is 6.33. The van der Waals surface area contributed by atoms with Gasteiger partial charge in [0, 0.05) is 5.56 Å². The van der Waals surface area contributed by atoms with Gasteiger partial charge >= 0.3 is 0 Å². The van der Waals surface area contributed by atoms with E-state index in [-0.39, 0.29) is 17.5 Å². The van der Waals surface area contributed by atoms with Crippen LogP contribution in [0.15, 0.2) is 22.7 Å². The molecule has 2 heterocycles. The highest BCUT2D eigenvalue weighted by Crippen LogP contribution is 2.30. The Morgan fingerprint density at radius 1 is 1.21 bits per heavy atom. The van der Waals surface area contributed by atoms with Gasteiger partial charge in [-0.05, 0) is 37.6 Å². The van der Waals surface area contributed by atoms with E-state index in [9.17, 15) is 10.2 Å². The fourth-order valence-corrected chi connectivity index (χ4v) is 2.22. The lowest BCUT2D eigenvalue weighted by atomic mass is 10.1. The highest BCUT2D eigenvalue weighted by molar-refractivity contribution is 5.59. The zero-order chi connectivity index (χ0) is 13.2. The van der Waals surface area contributed by atoms with Crippen LogP contribution in [0.2, 0.25) is 0 Å². The Bertz CT molecular complexity index is 576. The molecule has 3 N–H and O–H groups in total. The fraction of sp³-hybridized carbons (Fsp3) is 0.385. The number of aromatic hydroxyl groups is 2. The highest BCUT2D eigenvalue weighted by Gasteiger charge is 2.21. The van der Waals surface area contributed by atoms with Crippen LogP contribution in [-0.2, 0) is 0 Å². The molecule has 1 aliphatic heterocycles. The molecule has 0 bridgehead atoms. The van der Waals surface area contributed by atoms with Crippen molar-refractivity contribution < 1.29 is 14.7 Å². The molecule has 0 saturated carbocycles. The van der Waals surface area contributed by atoms with E-state index in [2.05, 4.69) is 15.5 Å². The number of rotatable bonds is 2. The fourth-order valence-electron chi connectivity index (χ4n) is 2.22. The van der Waals surface area contributed by atoms with E-state index in [1.165, 1.54) is 18.6 Å². The van der Waals surface area contributed by atoms with E-state index in [0.717, 1.165) is 19.4 Å². The molecular formula is C13H15N3O3. The first-order valence-electron chi connectivity index (χ1n) is 6.33. The predicted molar refractivity (Wildman–Crippen MR) is 67.7 cm³/mol. The molecular weight excluding hydrogens is 246 g/mol. The van der Waals surface area contributed by atoms with Crippen LogP contribution in [0.1, 0.15) is 31.2 Å². The first-order chi connectivity index (χ1) is 9.24. The number of benzene rings is 1. The second-order valence-corrected chi connectivity index (χ2v) is 4.66. The Morgan fingerprint density at radius 2 is 2.11 bits per heavy atom. The van der Waals surface area contributed by atoms with Crippen molar-refractivity contribution >= 4 is 0 Å². The lowest BCUT2D eigenvalue weighted by Crippen LogP contribution is -2.26. The number of piperidine rings is 1. The summed E-state index contributed by atoms with van der Waals surface area (Å²) in [5.74, 6) is 0.626. The van der Waals surface area contributed by atoms with Crippen molar-refractivity contribution in [2.75, 3.05) is 6.54 Å². The topological polar surface area (TPSA) is 91.4 Å². The average Bonchev–Trinajstić information content (AvgIpc) is 2.93. The lowest BCUT2D eigenvalue weighted by molar-refractivity contribution is 0.297. The van der Waals surface area contributed by atoms with Gasteiger partial charge < -0.3 is 20.1 Å². The van der Waals surface area contributed by atoms with Gasteiger partial charge in [0.2, 0.25) is 11.7 Å². The standard InChI is InChI=1S/C13H15N3O3/c17-10-5-4-8(7-11(10)18)12-15-13(19-16-12)9-3-1-2-6-14-9/h4-5,7,9,14,17-18H,1-3,6H2. The van der Waals surface area contributed by atoms with Crippen molar-refractivity contribution in [3.8, 4) is 22.9 Å². The SMILES string of the molecule is Oc1ccc(-c2noc(C3CCCCN3)n2)cc1O. The van der Waals surface area contributed by atoms with Crippen molar-refractivity contribution in [2.24, 2.45) is 0 Å². The first kappa shape index (κ1) is 12.0. The number of hydrogen-bond donors (Lipinski definition) is 3. The minimum absolute atomic E-state index is 0.112. The van der Waals surface area contributed by atoms with Gasteiger partial charge in [0.25, 0.3) is 0 Å². The number of aromatic nitrogens is 2. The van der Waals surface area contributed by atoms with Crippen molar-refractivity contribution in [1.82, 2.24) is 15.5 Å². The van der Waals surface area contributed by atoms with Crippen LogP contribution in [0.3, 0.4) is 0 Å². The van der Waals surface area contributed by atoms with Crippen molar-refractivity contribution in [1.29, 1.82) is 0 Å². The molecule has 0 aliphatic carbocycles. The smallest absolute Gasteiger partial charge is 0.244 e. The summed E-state index contributed by atoms with van der Waals surface area (Å²) in [5, 5.41) is 26.0. The molecule has 1 fully saturated rings. The summed E-state index contributed by atoms with van der Waals surface area (Å²) in [6.45, 7) is 0.961. The van der Waals surface area contributed by atoms with E-state index in [0.29, 0.717) is 17.3 Å². The van der Waals surface area contributed by atoms with Gasteiger partial charge in [0.05, 0.1) is 6.04 Å². The highest BCUT2D eigenvalue weighted by atomic mass is 16.5. The Labute approximate surface area is 110 Å². The lowest BCUT2D eigenvalue weighted by Gasteiger charge is -2.19. The van der Waals surface area contributed by atoms with Gasteiger partial charge in [-0.25, -0.2) is 0 Å². The van der Waals surface area contributed by atoms with Crippen molar-refractivity contribution in [3.05, 3.63) is 24.1 Å². The minimum atomic E-state index is -0.195. The van der Waals surface area contributed by atoms with E-state index in [1.54, 1.807) is 6.07 Å². The van der Waals surface area contributed by atoms with E-state index < -0.39 is 0 Å². The van der Waals surface area contributed by atoms with Gasteiger partial charge in [-0.1, -0.05) is 11.6 Å². The normalized spacial score (nSPS) is 19.5. The third-order valence-corrected chi connectivity index (χ3v) is 3.28. The Hall–Kier alpha value is -2.08. The Morgan fingerprint density at radius 3 is 2.84 bits per heavy atom. The molecule has 1 atom stereocenters. The summed E-state index contributed by atoms with van der Waals surface area (Å²) < 4.78 is 5.26. The zero-order valence-electron chi connectivity index (χ0n) is 10.3. The summed E-state index contributed by atoms with van der Waals surface area (Å²) >= 11 is 0. The quantitative estimate of drug-likeness (QED) is 0.716. The number of phenols is 2. The third-order valence-electron chi connectivity index (χ3n) is 3.28. The second kappa shape index (κ2) is 4.89. The molecule has 0 spiro atoms. The molecule has 1 aromatic carbocycles. The second-order valence-electron chi connectivity index (χ2n) is 4.66. The van der Waals surface area contributed by atoms with Gasteiger partial charge in [-0.15, -0.1) is 0 Å². The van der Waals surface area contributed by atoms with Crippen LogP contribution < -0.4 is 5.32 Å².